The Labute approximate surface area is 105 Å². The Morgan fingerprint density at radius 3 is 2.71 bits per heavy atom. The van der Waals surface area contributed by atoms with E-state index >= 15 is 0 Å². The van der Waals surface area contributed by atoms with Crippen LogP contribution in [0.5, 0.6) is 0 Å². The van der Waals surface area contributed by atoms with Crippen molar-refractivity contribution < 1.29 is 12.8 Å². The largest absolute Gasteiger partial charge is 0.316 e. The van der Waals surface area contributed by atoms with Crippen LogP contribution in [0.3, 0.4) is 0 Å². The standard InChI is InChI=1S/C11H13ClFNO2S/c12-11-9(2-1-3-10(11)13)7-17(15,16)6-8-4-14-5-8/h1-3,8,14H,4-7H2. The molecule has 0 unspecified atom stereocenters. The smallest absolute Gasteiger partial charge is 0.154 e. The van der Waals surface area contributed by atoms with Crippen LogP contribution in [0.1, 0.15) is 5.56 Å². The molecule has 1 fully saturated rings. The van der Waals surface area contributed by atoms with Gasteiger partial charge in [0, 0.05) is 13.1 Å². The van der Waals surface area contributed by atoms with Crippen LogP contribution in [0.2, 0.25) is 5.02 Å². The second kappa shape index (κ2) is 4.92. The number of nitrogens with one attached hydrogen (secondary N) is 1. The van der Waals surface area contributed by atoms with E-state index in [0.717, 1.165) is 13.1 Å². The lowest BCUT2D eigenvalue weighted by Crippen LogP contribution is -2.45. The van der Waals surface area contributed by atoms with E-state index in [1.165, 1.54) is 12.1 Å². The van der Waals surface area contributed by atoms with Gasteiger partial charge in [-0.3, -0.25) is 0 Å². The average molecular weight is 278 g/mol. The molecular weight excluding hydrogens is 265 g/mol. The van der Waals surface area contributed by atoms with Gasteiger partial charge in [-0.15, -0.1) is 0 Å². The van der Waals surface area contributed by atoms with Gasteiger partial charge >= 0.3 is 0 Å². The van der Waals surface area contributed by atoms with Gasteiger partial charge in [0.05, 0.1) is 16.5 Å². The minimum atomic E-state index is -3.23. The van der Waals surface area contributed by atoms with E-state index < -0.39 is 15.7 Å². The molecule has 2 rings (SSSR count). The summed E-state index contributed by atoms with van der Waals surface area (Å²) >= 11 is 5.73. The fraction of sp³-hybridized carbons (Fsp3) is 0.455. The van der Waals surface area contributed by atoms with E-state index in [-0.39, 0.29) is 22.4 Å². The molecule has 0 radical (unpaired) electrons. The van der Waals surface area contributed by atoms with Crippen molar-refractivity contribution in [3.05, 3.63) is 34.6 Å². The molecule has 1 aromatic carbocycles. The molecule has 0 amide bonds. The second-order valence-electron chi connectivity index (χ2n) is 4.29. The van der Waals surface area contributed by atoms with Crippen LogP contribution in [0.15, 0.2) is 18.2 Å². The molecule has 94 valence electrons. The van der Waals surface area contributed by atoms with Gasteiger partial charge in [-0.2, -0.15) is 0 Å². The Bertz CT molecular complexity index is 514. The molecule has 0 bridgehead atoms. The SMILES string of the molecule is O=S(=O)(Cc1cccc(F)c1Cl)CC1CNC1. The van der Waals surface area contributed by atoms with Crippen molar-refractivity contribution in [3.63, 3.8) is 0 Å². The highest BCUT2D eigenvalue weighted by atomic mass is 35.5. The van der Waals surface area contributed by atoms with E-state index in [0.29, 0.717) is 5.56 Å². The summed E-state index contributed by atoms with van der Waals surface area (Å²) in [7, 11) is -3.23. The number of halogens is 2. The summed E-state index contributed by atoms with van der Waals surface area (Å²) in [6.07, 6.45) is 0. The first-order valence-corrected chi connectivity index (χ1v) is 7.52. The fourth-order valence-corrected chi connectivity index (χ4v) is 3.84. The molecule has 1 aliphatic heterocycles. The highest BCUT2D eigenvalue weighted by molar-refractivity contribution is 7.90. The molecule has 0 aliphatic carbocycles. The van der Waals surface area contributed by atoms with Crippen molar-refractivity contribution in [2.45, 2.75) is 5.75 Å². The lowest BCUT2D eigenvalue weighted by Gasteiger charge is -2.26. The van der Waals surface area contributed by atoms with Gasteiger partial charge in [0.2, 0.25) is 0 Å². The molecule has 0 saturated carbocycles. The summed E-state index contributed by atoms with van der Waals surface area (Å²) in [5.41, 5.74) is 0.332. The topological polar surface area (TPSA) is 46.2 Å². The van der Waals surface area contributed by atoms with Gasteiger partial charge in [0.15, 0.2) is 9.84 Å². The normalized spacial score (nSPS) is 16.8. The third kappa shape index (κ3) is 3.18. The molecule has 1 heterocycles. The summed E-state index contributed by atoms with van der Waals surface area (Å²) in [4.78, 5) is 0. The van der Waals surface area contributed by atoms with E-state index in [4.69, 9.17) is 11.6 Å². The zero-order valence-corrected chi connectivity index (χ0v) is 10.7. The summed E-state index contributed by atoms with van der Waals surface area (Å²) in [6, 6.07) is 4.23. The number of sulfone groups is 1. The van der Waals surface area contributed by atoms with Gasteiger partial charge in [0.1, 0.15) is 5.82 Å². The third-order valence-corrected chi connectivity index (χ3v) is 4.92. The molecule has 1 saturated heterocycles. The monoisotopic (exact) mass is 277 g/mol. The Hall–Kier alpha value is -0.650. The minimum Gasteiger partial charge on any atom is -0.316 e. The summed E-state index contributed by atoms with van der Waals surface area (Å²) in [6.45, 7) is 1.46. The van der Waals surface area contributed by atoms with Crippen molar-refractivity contribution >= 4 is 21.4 Å². The van der Waals surface area contributed by atoms with Crippen LogP contribution in [0.4, 0.5) is 4.39 Å². The average Bonchev–Trinajstić information content (AvgIpc) is 2.19. The predicted octanol–water partition coefficient (Wildman–Crippen LogP) is 1.61. The lowest BCUT2D eigenvalue weighted by atomic mass is 10.1. The van der Waals surface area contributed by atoms with E-state index in [9.17, 15) is 12.8 Å². The van der Waals surface area contributed by atoms with Crippen LogP contribution >= 0.6 is 11.6 Å². The highest BCUT2D eigenvalue weighted by Gasteiger charge is 2.25. The molecule has 17 heavy (non-hydrogen) atoms. The number of rotatable bonds is 4. The van der Waals surface area contributed by atoms with E-state index in [2.05, 4.69) is 5.32 Å². The second-order valence-corrected chi connectivity index (χ2v) is 6.78. The van der Waals surface area contributed by atoms with Crippen molar-refractivity contribution in [1.29, 1.82) is 0 Å². The maximum atomic E-state index is 13.2. The number of hydrogen-bond acceptors (Lipinski definition) is 3. The summed E-state index contributed by atoms with van der Waals surface area (Å²) in [5.74, 6) is -0.468. The highest BCUT2D eigenvalue weighted by Crippen LogP contribution is 2.22. The van der Waals surface area contributed by atoms with Gasteiger partial charge < -0.3 is 5.32 Å². The Morgan fingerprint density at radius 2 is 2.12 bits per heavy atom. The van der Waals surface area contributed by atoms with Crippen molar-refractivity contribution in [2.75, 3.05) is 18.8 Å². The van der Waals surface area contributed by atoms with Gasteiger partial charge in [-0.25, -0.2) is 12.8 Å². The molecule has 6 heteroatoms. The van der Waals surface area contributed by atoms with Crippen LogP contribution < -0.4 is 5.32 Å². The van der Waals surface area contributed by atoms with Gasteiger partial charge in [0.25, 0.3) is 0 Å². The summed E-state index contributed by atoms with van der Waals surface area (Å²) in [5, 5.41) is 2.92. The van der Waals surface area contributed by atoms with Gasteiger partial charge in [-0.1, -0.05) is 23.7 Å². The molecule has 0 atom stereocenters. The van der Waals surface area contributed by atoms with E-state index in [1.54, 1.807) is 6.07 Å². The summed E-state index contributed by atoms with van der Waals surface area (Å²) < 4.78 is 36.9. The molecule has 0 spiro atoms. The quantitative estimate of drug-likeness (QED) is 0.910. The van der Waals surface area contributed by atoms with Crippen LogP contribution in [0, 0.1) is 11.7 Å². The Kier molecular flexibility index (Phi) is 3.70. The van der Waals surface area contributed by atoms with Crippen LogP contribution in [-0.2, 0) is 15.6 Å². The van der Waals surface area contributed by atoms with Crippen molar-refractivity contribution in [3.8, 4) is 0 Å². The minimum absolute atomic E-state index is 0.0946. The zero-order chi connectivity index (χ0) is 12.5. The zero-order valence-electron chi connectivity index (χ0n) is 9.12. The molecule has 1 N–H and O–H groups in total. The molecule has 0 aromatic heterocycles. The van der Waals surface area contributed by atoms with E-state index in [1.807, 2.05) is 0 Å². The maximum Gasteiger partial charge on any atom is 0.154 e. The fourth-order valence-electron chi connectivity index (χ4n) is 1.78. The Balaban J connectivity index is 2.11. The molecule has 1 aromatic rings. The first-order chi connectivity index (χ1) is 7.98. The van der Waals surface area contributed by atoms with Crippen molar-refractivity contribution in [2.24, 2.45) is 5.92 Å². The van der Waals surface area contributed by atoms with Crippen LogP contribution in [-0.4, -0.2) is 27.3 Å². The number of benzene rings is 1. The molecular formula is C11H13ClFNO2S. The molecule has 3 nitrogen and oxygen atoms in total. The van der Waals surface area contributed by atoms with Crippen LogP contribution in [0.25, 0.3) is 0 Å². The molecule has 1 aliphatic rings. The Morgan fingerprint density at radius 1 is 1.41 bits per heavy atom. The first-order valence-electron chi connectivity index (χ1n) is 5.32. The first kappa shape index (κ1) is 12.8. The van der Waals surface area contributed by atoms with Crippen molar-refractivity contribution in [1.82, 2.24) is 5.32 Å². The van der Waals surface area contributed by atoms with Gasteiger partial charge in [-0.05, 0) is 17.5 Å². The third-order valence-electron chi connectivity index (χ3n) is 2.76. The number of hydrogen-bond donors (Lipinski definition) is 1. The predicted molar refractivity (Wildman–Crippen MR) is 65.3 cm³/mol. The lowest BCUT2D eigenvalue weighted by molar-refractivity contribution is 0.378. The maximum absolute atomic E-state index is 13.2.